The lowest BCUT2D eigenvalue weighted by atomic mass is 10.2. The van der Waals surface area contributed by atoms with Crippen molar-refractivity contribution in [3.05, 3.63) is 70.1 Å². The summed E-state index contributed by atoms with van der Waals surface area (Å²) >= 11 is 3.41. The summed E-state index contributed by atoms with van der Waals surface area (Å²) in [6.45, 7) is 3.82. The van der Waals surface area contributed by atoms with Gasteiger partial charge in [-0.1, -0.05) is 22.0 Å². The van der Waals surface area contributed by atoms with Crippen LogP contribution in [0.4, 0.5) is 5.82 Å². The molecule has 0 aliphatic carbocycles. The molecule has 0 fully saturated rings. The van der Waals surface area contributed by atoms with E-state index in [0.29, 0.717) is 11.4 Å². The second-order valence-corrected chi connectivity index (χ2v) is 6.12. The van der Waals surface area contributed by atoms with Gasteiger partial charge in [-0.05, 0) is 49.7 Å². The van der Waals surface area contributed by atoms with Crippen LogP contribution in [0.25, 0.3) is 5.69 Å². The summed E-state index contributed by atoms with van der Waals surface area (Å²) in [5.74, 6) is 0.304. The Hall–Kier alpha value is -2.47. The summed E-state index contributed by atoms with van der Waals surface area (Å²) in [4.78, 5) is 16.6. The van der Waals surface area contributed by atoms with Gasteiger partial charge in [-0.3, -0.25) is 4.79 Å². The largest absolute Gasteiger partial charge is 0.306 e. The number of aromatic nitrogens is 3. The summed E-state index contributed by atoms with van der Waals surface area (Å²) in [5, 5.41) is 7.10. The second kappa shape index (κ2) is 6.34. The summed E-state index contributed by atoms with van der Waals surface area (Å²) in [5.41, 5.74) is 3.24. The van der Waals surface area contributed by atoms with Crippen molar-refractivity contribution in [2.75, 3.05) is 5.32 Å². The van der Waals surface area contributed by atoms with E-state index in [0.717, 1.165) is 21.4 Å². The molecule has 0 spiro atoms. The average molecular weight is 371 g/mol. The maximum Gasteiger partial charge on any atom is 0.260 e. The van der Waals surface area contributed by atoms with Crippen LogP contribution in [0.3, 0.4) is 0 Å². The Labute approximate surface area is 142 Å². The summed E-state index contributed by atoms with van der Waals surface area (Å²) in [6, 6.07) is 11.4. The fourth-order valence-corrected chi connectivity index (χ4v) is 2.46. The van der Waals surface area contributed by atoms with Crippen molar-refractivity contribution in [1.29, 1.82) is 0 Å². The zero-order valence-electron chi connectivity index (χ0n) is 12.7. The van der Waals surface area contributed by atoms with Gasteiger partial charge in [-0.2, -0.15) is 5.10 Å². The Morgan fingerprint density at radius 2 is 1.83 bits per heavy atom. The van der Waals surface area contributed by atoms with Crippen molar-refractivity contribution in [3.8, 4) is 5.69 Å². The summed E-state index contributed by atoms with van der Waals surface area (Å²) < 4.78 is 2.73. The first kappa shape index (κ1) is 15.4. The Bertz CT molecular complexity index is 838. The van der Waals surface area contributed by atoms with Crippen molar-refractivity contribution in [3.63, 3.8) is 0 Å². The SMILES string of the molecule is Cc1ccc(NC(=O)c2cnn(-c3ccc(Br)cc3)c2C)nc1. The zero-order chi connectivity index (χ0) is 16.4. The molecule has 0 aliphatic heterocycles. The maximum absolute atomic E-state index is 12.4. The monoisotopic (exact) mass is 370 g/mol. The molecule has 0 atom stereocenters. The highest BCUT2D eigenvalue weighted by Crippen LogP contribution is 2.18. The van der Waals surface area contributed by atoms with Crippen molar-refractivity contribution in [2.45, 2.75) is 13.8 Å². The molecule has 0 bridgehead atoms. The van der Waals surface area contributed by atoms with Gasteiger partial charge in [0.1, 0.15) is 5.82 Å². The molecule has 1 aromatic carbocycles. The van der Waals surface area contributed by atoms with Crippen LogP contribution >= 0.6 is 15.9 Å². The van der Waals surface area contributed by atoms with Gasteiger partial charge in [-0.25, -0.2) is 9.67 Å². The first-order chi connectivity index (χ1) is 11.0. The lowest BCUT2D eigenvalue weighted by molar-refractivity contribution is 0.102. The second-order valence-electron chi connectivity index (χ2n) is 5.21. The first-order valence-corrected chi connectivity index (χ1v) is 7.88. The van der Waals surface area contributed by atoms with Gasteiger partial charge >= 0.3 is 0 Å². The highest BCUT2D eigenvalue weighted by atomic mass is 79.9. The molecule has 5 nitrogen and oxygen atoms in total. The Morgan fingerprint density at radius 1 is 1.09 bits per heavy atom. The average Bonchev–Trinajstić information content (AvgIpc) is 2.92. The van der Waals surface area contributed by atoms with Crippen molar-refractivity contribution < 1.29 is 4.79 Å². The molecule has 0 radical (unpaired) electrons. The Balaban J connectivity index is 1.85. The number of amides is 1. The van der Waals surface area contributed by atoms with Gasteiger partial charge in [-0.15, -0.1) is 0 Å². The van der Waals surface area contributed by atoms with E-state index in [1.165, 1.54) is 0 Å². The van der Waals surface area contributed by atoms with Gasteiger partial charge in [0.2, 0.25) is 0 Å². The van der Waals surface area contributed by atoms with E-state index in [1.807, 2.05) is 44.2 Å². The number of anilines is 1. The van der Waals surface area contributed by atoms with E-state index < -0.39 is 0 Å². The standard InChI is InChI=1S/C17H15BrN4O/c1-11-3-8-16(19-9-11)21-17(23)15-10-20-22(12(15)2)14-6-4-13(18)5-7-14/h3-10H,1-2H3,(H,19,21,23). The van der Waals surface area contributed by atoms with Crippen LogP contribution in [0.2, 0.25) is 0 Å². The predicted molar refractivity (Wildman–Crippen MR) is 92.9 cm³/mol. The number of aryl methyl sites for hydroxylation is 1. The molecule has 0 saturated carbocycles. The van der Waals surface area contributed by atoms with Gasteiger partial charge in [0.05, 0.1) is 23.1 Å². The normalized spacial score (nSPS) is 10.6. The van der Waals surface area contributed by atoms with Crippen LogP contribution in [0, 0.1) is 13.8 Å². The molecule has 0 unspecified atom stereocenters. The highest BCUT2D eigenvalue weighted by molar-refractivity contribution is 9.10. The number of benzene rings is 1. The van der Waals surface area contributed by atoms with E-state index in [-0.39, 0.29) is 5.91 Å². The molecular formula is C17H15BrN4O. The first-order valence-electron chi connectivity index (χ1n) is 7.09. The molecule has 3 aromatic rings. The minimum absolute atomic E-state index is 0.220. The minimum atomic E-state index is -0.220. The van der Waals surface area contributed by atoms with Crippen molar-refractivity contribution in [2.24, 2.45) is 0 Å². The lowest BCUT2D eigenvalue weighted by Gasteiger charge is -2.06. The molecular weight excluding hydrogens is 356 g/mol. The van der Waals surface area contributed by atoms with Gasteiger partial charge in [0, 0.05) is 10.7 Å². The third kappa shape index (κ3) is 3.32. The number of nitrogens with one attached hydrogen (secondary N) is 1. The summed E-state index contributed by atoms with van der Waals surface area (Å²) in [6.07, 6.45) is 3.29. The van der Waals surface area contributed by atoms with E-state index in [4.69, 9.17) is 0 Å². The van der Waals surface area contributed by atoms with Crippen LogP contribution in [-0.2, 0) is 0 Å². The number of carbonyl (C=O) groups excluding carboxylic acids is 1. The van der Waals surface area contributed by atoms with Crippen LogP contribution in [0.5, 0.6) is 0 Å². The number of rotatable bonds is 3. The van der Waals surface area contributed by atoms with Crippen molar-refractivity contribution in [1.82, 2.24) is 14.8 Å². The smallest absolute Gasteiger partial charge is 0.260 e. The fraction of sp³-hybridized carbons (Fsp3) is 0.118. The number of pyridine rings is 1. The number of hydrogen-bond donors (Lipinski definition) is 1. The van der Waals surface area contributed by atoms with E-state index in [9.17, 15) is 4.79 Å². The van der Waals surface area contributed by atoms with Crippen molar-refractivity contribution >= 4 is 27.7 Å². The van der Waals surface area contributed by atoms with Crippen LogP contribution in [-0.4, -0.2) is 20.7 Å². The molecule has 0 saturated heterocycles. The number of hydrogen-bond acceptors (Lipinski definition) is 3. The van der Waals surface area contributed by atoms with E-state index >= 15 is 0 Å². The molecule has 1 amide bonds. The third-order valence-electron chi connectivity index (χ3n) is 3.48. The molecule has 1 N–H and O–H groups in total. The number of carbonyl (C=O) groups is 1. The lowest BCUT2D eigenvalue weighted by Crippen LogP contribution is -2.14. The molecule has 2 heterocycles. The quantitative estimate of drug-likeness (QED) is 0.760. The molecule has 23 heavy (non-hydrogen) atoms. The van der Waals surface area contributed by atoms with E-state index in [1.54, 1.807) is 23.1 Å². The van der Waals surface area contributed by atoms with E-state index in [2.05, 4.69) is 31.3 Å². The summed E-state index contributed by atoms with van der Waals surface area (Å²) in [7, 11) is 0. The molecule has 2 aromatic heterocycles. The molecule has 3 rings (SSSR count). The highest BCUT2D eigenvalue weighted by Gasteiger charge is 2.15. The van der Waals surface area contributed by atoms with Gasteiger partial charge in [0.15, 0.2) is 0 Å². The van der Waals surface area contributed by atoms with Crippen LogP contribution in [0.1, 0.15) is 21.6 Å². The third-order valence-corrected chi connectivity index (χ3v) is 4.01. The Morgan fingerprint density at radius 3 is 2.48 bits per heavy atom. The molecule has 116 valence electrons. The zero-order valence-corrected chi connectivity index (χ0v) is 14.3. The number of nitrogens with zero attached hydrogens (tertiary/aromatic N) is 3. The van der Waals surface area contributed by atoms with Crippen LogP contribution < -0.4 is 5.32 Å². The van der Waals surface area contributed by atoms with Crippen LogP contribution in [0.15, 0.2) is 53.3 Å². The maximum atomic E-state index is 12.4. The number of halogens is 1. The Kier molecular flexibility index (Phi) is 4.25. The van der Waals surface area contributed by atoms with Gasteiger partial charge in [0.25, 0.3) is 5.91 Å². The molecule has 0 aliphatic rings. The minimum Gasteiger partial charge on any atom is -0.306 e. The fourth-order valence-electron chi connectivity index (χ4n) is 2.20. The predicted octanol–water partition coefficient (Wildman–Crippen LogP) is 3.90. The van der Waals surface area contributed by atoms with Gasteiger partial charge < -0.3 is 5.32 Å². The molecule has 6 heteroatoms. The topological polar surface area (TPSA) is 59.8 Å².